The lowest BCUT2D eigenvalue weighted by Gasteiger charge is -2.23. The number of carboxylic acid groups (broad SMARTS) is 1. The molecule has 0 rings (SSSR count). The minimum Gasteiger partial charge on any atom is -0.480 e. The predicted molar refractivity (Wildman–Crippen MR) is 57.3 cm³/mol. The molecule has 0 aliphatic rings. The third kappa shape index (κ3) is 6.90. The summed E-state index contributed by atoms with van der Waals surface area (Å²) in [7, 11) is 0. The summed E-state index contributed by atoms with van der Waals surface area (Å²) >= 11 is 1.85. The van der Waals surface area contributed by atoms with Crippen molar-refractivity contribution >= 4 is 17.7 Å². The molecule has 0 amide bonds. The molecule has 4 heteroatoms. The first-order valence-corrected chi connectivity index (χ1v) is 5.77. The number of carboxylic acids is 1. The van der Waals surface area contributed by atoms with Crippen LogP contribution >= 0.6 is 11.8 Å². The van der Waals surface area contributed by atoms with Crippen molar-refractivity contribution in [3.8, 4) is 0 Å². The van der Waals surface area contributed by atoms with Crippen LogP contribution in [0.2, 0.25) is 0 Å². The van der Waals surface area contributed by atoms with Gasteiger partial charge < -0.3 is 5.11 Å². The van der Waals surface area contributed by atoms with E-state index in [0.717, 1.165) is 18.1 Å². The number of carbonyl (C=O) groups is 1. The Morgan fingerprint density at radius 1 is 1.54 bits per heavy atom. The van der Waals surface area contributed by atoms with Gasteiger partial charge in [0, 0.05) is 18.3 Å². The van der Waals surface area contributed by atoms with E-state index in [1.165, 1.54) is 0 Å². The minimum absolute atomic E-state index is 0.155. The molecule has 0 radical (unpaired) electrons. The molecule has 0 aromatic rings. The first-order valence-electron chi connectivity index (χ1n) is 4.61. The van der Waals surface area contributed by atoms with Crippen LogP contribution in [0.4, 0.5) is 0 Å². The average molecular weight is 205 g/mol. The van der Waals surface area contributed by atoms with Crippen molar-refractivity contribution in [2.24, 2.45) is 0 Å². The van der Waals surface area contributed by atoms with E-state index in [4.69, 9.17) is 5.11 Å². The quantitative estimate of drug-likeness (QED) is 0.640. The maximum atomic E-state index is 10.5. The highest BCUT2D eigenvalue weighted by molar-refractivity contribution is 7.99. The third-order valence-corrected chi connectivity index (χ3v) is 2.68. The molecule has 0 aliphatic carbocycles. The lowest BCUT2D eigenvalue weighted by Crippen LogP contribution is -2.37. The molecule has 0 bridgehead atoms. The lowest BCUT2D eigenvalue weighted by molar-refractivity contribution is -0.138. The lowest BCUT2D eigenvalue weighted by atomic mass is 10.3. The molecule has 0 saturated heterocycles. The van der Waals surface area contributed by atoms with Gasteiger partial charge in [-0.25, -0.2) is 0 Å². The summed E-state index contributed by atoms with van der Waals surface area (Å²) < 4.78 is 0. The molecule has 78 valence electrons. The van der Waals surface area contributed by atoms with Crippen molar-refractivity contribution in [3.63, 3.8) is 0 Å². The molecule has 0 aromatic heterocycles. The van der Waals surface area contributed by atoms with Gasteiger partial charge in [0.1, 0.15) is 0 Å². The molecule has 0 heterocycles. The number of thioether (sulfide) groups is 1. The molecule has 0 fully saturated rings. The second-order valence-electron chi connectivity index (χ2n) is 3.15. The van der Waals surface area contributed by atoms with Gasteiger partial charge in [0.15, 0.2) is 0 Å². The van der Waals surface area contributed by atoms with Gasteiger partial charge in [-0.1, -0.05) is 6.92 Å². The van der Waals surface area contributed by atoms with E-state index in [0.29, 0.717) is 6.04 Å². The molecule has 3 nitrogen and oxygen atoms in total. The minimum atomic E-state index is -0.741. The number of hydrogen-bond donors (Lipinski definition) is 1. The third-order valence-electron chi connectivity index (χ3n) is 1.80. The Hall–Kier alpha value is -0.220. The van der Waals surface area contributed by atoms with Crippen LogP contribution < -0.4 is 0 Å². The SMILES string of the molecule is CCSCCN(CC(=O)O)C(C)C. The molecule has 0 saturated carbocycles. The van der Waals surface area contributed by atoms with Crippen molar-refractivity contribution in [1.82, 2.24) is 4.90 Å². The summed E-state index contributed by atoms with van der Waals surface area (Å²) in [6, 6.07) is 0.313. The predicted octanol–water partition coefficient (Wildman–Crippen LogP) is 1.53. The molecule has 1 N–H and O–H groups in total. The summed E-state index contributed by atoms with van der Waals surface area (Å²) in [6.45, 7) is 7.19. The van der Waals surface area contributed by atoms with Crippen LogP contribution in [-0.4, -0.2) is 46.6 Å². The zero-order valence-corrected chi connectivity index (χ0v) is 9.43. The average Bonchev–Trinajstić information content (AvgIpc) is 2.02. The van der Waals surface area contributed by atoms with Crippen LogP contribution in [0.15, 0.2) is 0 Å². The Labute approximate surface area is 84.5 Å². The van der Waals surface area contributed by atoms with Crippen LogP contribution in [0.25, 0.3) is 0 Å². The van der Waals surface area contributed by atoms with E-state index in [2.05, 4.69) is 6.92 Å². The Bertz CT molecular complexity index is 151. The zero-order chi connectivity index (χ0) is 10.3. The van der Waals surface area contributed by atoms with Crippen molar-refractivity contribution in [1.29, 1.82) is 0 Å². The molecule has 0 unspecified atom stereocenters. The fraction of sp³-hybridized carbons (Fsp3) is 0.889. The largest absolute Gasteiger partial charge is 0.480 e. The summed E-state index contributed by atoms with van der Waals surface area (Å²) in [5.41, 5.74) is 0. The van der Waals surface area contributed by atoms with Gasteiger partial charge in [-0.15, -0.1) is 0 Å². The van der Waals surface area contributed by atoms with Crippen LogP contribution in [-0.2, 0) is 4.79 Å². The van der Waals surface area contributed by atoms with E-state index >= 15 is 0 Å². The molecule has 0 aromatic carbocycles. The second kappa shape index (κ2) is 7.21. The summed E-state index contributed by atoms with van der Waals surface area (Å²) in [6.07, 6.45) is 0. The van der Waals surface area contributed by atoms with E-state index in [1.807, 2.05) is 30.5 Å². The van der Waals surface area contributed by atoms with E-state index < -0.39 is 5.97 Å². The van der Waals surface area contributed by atoms with Gasteiger partial charge in [0.25, 0.3) is 0 Å². The highest BCUT2D eigenvalue weighted by atomic mass is 32.2. The molecule has 0 aliphatic heterocycles. The van der Waals surface area contributed by atoms with Gasteiger partial charge in [0.2, 0.25) is 0 Å². The number of nitrogens with zero attached hydrogens (tertiary/aromatic N) is 1. The monoisotopic (exact) mass is 205 g/mol. The van der Waals surface area contributed by atoms with Crippen LogP contribution in [0.1, 0.15) is 20.8 Å². The van der Waals surface area contributed by atoms with Gasteiger partial charge >= 0.3 is 5.97 Å². The first kappa shape index (κ1) is 12.8. The van der Waals surface area contributed by atoms with Crippen molar-refractivity contribution < 1.29 is 9.90 Å². The van der Waals surface area contributed by atoms with Crippen molar-refractivity contribution in [2.75, 3.05) is 24.6 Å². The number of aliphatic carboxylic acids is 1. The standard InChI is InChI=1S/C9H19NO2S/c1-4-13-6-5-10(8(2)3)7-9(11)12/h8H,4-7H2,1-3H3,(H,11,12). The van der Waals surface area contributed by atoms with Crippen LogP contribution in [0, 0.1) is 0 Å². The van der Waals surface area contributed by atoms with E-state index in [-0.39, 0.29) is 6.54 Å². The smallest absolute Gasteiger partial charge is 0.317 e. The highest BCUT2D eigenvalue weighted by Gasteiger charge is 2.12. The zero-order valence-electron chi connectivity index (χ0n) is 8.62. The molecule has 0 atom stereocenters. The molecular formula is C9H19NO2S. The highest BCUT2D eigenvalue weighted by Crippen LogP contribution is 2.03. The van der Waals surface area contributed by atoms with Gasteiger partial charge in [-0.2, -0.15) is 11.8 Å². The molecule has 13 heavy (non-hydrogen) atoms. The van der Waals surface area contributed by atoms with Gasteiger partial charge in [-0.3, -0.25) is 9.69 Å². The van der Waals surface area contributed by atoms with E-state index in [1.54, 1.807) is 0 Å². The van der Waals surface area contributed by atoms with Crippen molar-refractivity contribution in [3.05, 3.63) is 0 Å². The van der Waals surface area contributed by atoms with Gasteiger partial charge in [-0.05, 0) is 19.6 Å². The van der Waals surface area contributed by atoms with Gasteiger partial charge in [0.05, 0.1) is 6.54 Å². The topological polar surface area (TPSA) is 40.5 Å². The Balaban J connectivity index is 3.74. The second-order valence-corrected chi connectivity index (χ2v) is 4.55. The van der Waals surface area contributed by atoms with Crippen molar-refractivity contribution in [2.45, 2.75) is 26.8 Å². The normalized spacial score (nSPS) is 11.2. The maximum absolute atomic E-state index is 10.5. The first-order chi connectivity index (χ1) is 6.07. The van der Waals surface area contributed by atoms with E-state index in [9.17, 15) is 4.79 Å². The molecule has 0 spiro atoms. The summed E-state index contributed by atoms with van der Waals surface area (Å²) in [5, 5.41) is 8.64. The van der Waals surface area contributed by atoms with Crippen LogP contribution in [0.5, 0.6) is 0 Å². The summed E-state index contributed by atoms with van der Waals surface area (Å²) in [4.78, 5) is 12.5. The summed E-state index contributed by atoms with van der Waals surface area (Å²) in [5.74, 6) is 1.37. The van der Waals surface area contributed by atoms with Crippen LogP contribution in [0.3, 0.4) is 0 Å². The Morgan fingerprint density at radius 3 is 2.54 bits per heavy atom. The maximum Gasteiger partial charge on any atom is 0.317 e. The molecular weight excluding hydrogens is 186 g/mol. The Kier molecular flexibility index (Phi) is 7.09. The number of rotatable bonds is 7. The number of hydrogen-bond acceptors (Lipinski definition) is 3. The Morgan fingerprint density at radius 2 is 2.15 bits per heavy atom. The fourth-order valence-electron chi connectivity index (χ4n) is 1.02. The fourth-order valence-corrected chi connectivity index (χ4v) is 1.67.